The summed E-state index contributed by atoms with van der Waals surface area (Å²) < 4.78 is 23.6. The van der Waals surface area contributed by atoms with E-state index in [1.54, 1.807) is 0 Å². The van der Waals surface area contributed by atoms with Gasteiger partial charge in [-0.3, -0.25) is 0 Å². The molecule has 0 saturated heterocycles. The largest absolute Gasteiger partial charge is 0.507 e. The van der Waals surface area contributed by atoms with E-state index in [1.165, 1.54) is 23.6 Å². The fourth-order valence-electron chi connectivity index (χ4n) is 1.85. The van der Waals surface area contributed by atoms with E-state index in [0.717, 1.165) is 0 Å². The highest BCUT2D eigenvalue weighted by Gasteiger charge is 2.29. The molecule has 0 spiro atoms. The van der Waals surface area contributed by atoms with Crippen molar-refractivity contribution in [2.75, 3.05) is 20.6 Å². The van der Waals surface area contributed by atoms with Gasteiger partial charge in [-0.25, -0.2) is 8.42 Å². The summed E-state index contributed by atoms with van der Waals surface area (Å²) >= 11 is 0. The summed E-state index contributed by atoms with van der Waals surface area (Å²) in [6.45, 7) is 0.490. The van der Waals surface area contributed by atoms with Crippen LogP contribution in [0.5, 0.6) is 5.75 Å². The lowest BCUT2D eigenvalue weighted by molar-refractivity contribution is 0.455. The maximum Gasteiger partial charge on any atom is 0.200 e. The highest BCUT2D eigenvalue weighted by Crippen LogP contribution is 2.38. The van der Waals surface area contributed by atoms with Gasteiger partial charge >= 0.3 is 0 Å². The molecule has 1 N–H and O–H groups in total. The molecule has 1 aromatic rings. The number of hydrogen-bond acceptors (Lipinski definition) is 4. The van der Waals surface area contributed by atoms with Gasteiger partial charge in [0.25, 0.3) is 0 Å². The summed E-state index contributed by atoms with van der Waals surface area (Å²) in [6, 6.07) is 4.56. The Morgan fingerprint density at radius 3 is 2.62 bits per heavy atom. The van der Waals surface area contributed by atoms with Gasteiger partial charge in [0.1, 0.15) is 5.75 Å². The number of likely N-dealkylation sites (N-methyl/N-ethyl adjacent to an activating group) is 1. The third-order valence-corrected chi connectivity index (χ3v) is 3.96. The average molecular weight is 239 g/mol. The van der Waals surface area contributed by atoms with E-state index in [1.807, 2.05) is 19.0 Å². The third kappa shape index (κ3) is 1.72. The SMILES string of the molecule is CN(C)CC1=CS(=O)(=O)c2cccc(O)c21. The summed E-state index contributed by atoms with van der Waals surface area (Å²) in [6.07, 6.45) is 0. The van der Waals surface area contributed by atoms with Crippen LogP contribution in [0.15, 0.2) is 28.5 Å². The lowest BCUT2D eigenvalue weighted by Gasteiger charge is -2.11. The van der Waals surface area contributed by atoms with Gasteiger partial charge in [0.15, 0.2) is 0 Å². The zero-order chi connectivity index (χ0) is 11.9. The first-order valence-corrected chi connectivity index (χ1v) is 6.39. The van der Waals surface area contributed by atoms with Crippen molar-refractivity contribution in [1.82, 2.24) is 4.90 Å². The van der Waals surface area contributed by atoms with Gasteiger partial charge in [-0.05, 0) is 31.8 Å². The van der Waals surface area contributed by atoms with Crippen molar-refractivity contribution in [1.29, 1.82) is 0 Å². The van der Waals surface area contributed by atoms with E-state index in [9.17, 15) is 13.5 Å². The second kappa shape index (κ2) is 3.61. The van der Waals surface area contributed by atoms with Crippen molar-refractivity contribution in [2.24, 2.45) is 0 Å². The second-order valence-corrected chi connectivity index (χ2v) is 5.84. The molecule has 0 radical (unpaired) electrons. The number of rotatable bonds is 2. The molecule has 16 heavy (non-hydrogen) atoms. The van der Waals surface area contributed by atoms with E-state index >= 15 is 0 Å². The number of nitrogens with zero attached hydrogens (tertiary/aromatic N) is 1. The normalized spacial score (nSPS) is 17.3. The van der Waals surface area contributed by atoms with Crippen LogP contribution in [-0.4, -0.2) is 39.1 Å². The number of aromatic hydroxyl groups is 1. The molecule has 0 amide bonds. The standard InChI is InChI=1S/C11H13NO3S/c1-12(2)6-8-7-16(14,15)10-5-3-4-9(13)11(8)10/h3-5,7,13H,6H2,1-2H3. The van der Waals surface area contributed by atoms with Gasteiger partial charge in [0.2, 0.25) is 9.84 Å². The Hall–Kier alpha value is -1.33. The maximum absolute atomic E-state index is 11.8. The van der Waals surface area contributed by atoms with Crippen LogP contribution < -0.4 is 0 Å². The van der Waals surface area contributed by atoms with Crippen LogP contribution >= 0.6 is 0 Å². The molecular weight excluding hydrogens is 226 g/mol. The molecule has 0 unspecified atom stereocenters. The lowest BCUT2D eigenvalue weighted by atomic mass is 10.1. The molecule has 1 aliphatic rings. The lowest BCUT2D eigenvalue weighted by Crippen LogP contribution is -2.13. The third-order valence-electron chi connectivity index (χ3n) is 2.42. The predicted molar refractivity (Wildman–Crippen MR) is 61.8 cm³/mol. The Labute approximate surface area is 94.7 Å². The van der Waals surface area contributed by atoms with Gasteiger partial charge in [0.05, 0.1) is 4.90 Å². The number of benzene rings is 1. The number of fused-ring (bicyclic) bond motifs is 1. The molecule has 5 heteroatoms. The van der Waals surface area contributed by atoms with Gasteiger partial charge in [0, 0.05) is 17.5 Å². The predicted octanol–water partition coefficient (Wildman–Crippen LogP) is 1.08. The molecular formula is C11H13NO3S. The maximum atomic E-state index is 11.8. The monoisotopic (exact) mass is 239 g/mol. The minimum atomic E-state index is -3.37. The summed E-state index contributed by atoms with van der Waals surface area (Å²) in [5.74, 6) is 0.0201. The van der Waals surface area contributed by atoms with Crippen LogP contribution in [0.3, 0.4) is 0 Å². The fourth-order valence-corrected chi connectivity index (χ4v) is 3.33. The van der Waals surface area contributed by atoms with Crippen molar-refractivity contribution in [3.05, 3.63) is 29.2 Å². The van der Waals surface area contributed by atoms with E-state index in [2.05, 4.69) is 0 Å². The van der Waals surface area contributed by atoms with Gasteiger partial charge < -0.3 is 10.0 Å². The van der Waals surface area contributed by atoms with Crippen LogP contribution in [-0.2, 0) is 9.84 Å². The Morgan fingerprint density at radius 2 is 2.00 bits per heavy atom. The Bertz CT molecular complexity index is 559. The quantitative estimate of drug-likeness (QED) is 0.839. The zero-order valence-corrected chi connectivity index (χ0v) is 9.95. The molecule has 1 aromatic carbocycles. The summed E-state index contributed by atoms with van der Waals surface area (Å²) in [7, 11) is 0.334. The van der Waals surface area contributed by atoms with Crippen LogP contribution in [0, 0.1) is 0 Å². The minimum absolute atomic E-state index is 0.0201. The van der Waals surface area contributed by atoms with Crippen molar-refractivity contribution < 1.29 is 13.5 Å². The average Bonchev–Trinajstić information content (AvgIpc) is 2.38. The molecule has 0 saturated carbocycles. The smallest absolute Gasteiger partial charge is 0.200 e. The van der Waals surface area contributed by atoms with Crippen molar-refractivity contribution in [3.8, 4) is 5.75 Å². The van der Waals surface area contributed by atoms with E-state index in [0.29, 0.717) is 17.7 Å². The fraction of sp³-hybridized carbons (Fsp3) is 0.273. The first-order chi connectivity index (χ1) is 7.42. The second-order valence-electron chi connectivity index (χ2n) is 4.08. The van der Waals surface area contributed by atoms with Crippen molar-refractivity contribution in [3.63, 3.8) is 0 Å². The van der Waals surface area contributed by atoms with Crippen LogP contribution in [0.25, 0.3) is 5.57 Å². The molecule has 1 heterocycles. The minimum Gasteiger partial charge on any atom is -0.507 e. The van der Waals surface area contributed by atoms with Gasteiger partial charge in [-0.1, -0.05) is 6.07 Å². The molecule has 0 bridgehead atoms. The van der Waals surface area contributed by atoms with Gasteiger partial charge in [-0.15, -0.1) is 0 Å². The first kappa shape index (κ1) is 11.2. The summed E-state index contributed by atoms with van der Waals surface area (Å²) in [5.41, 5.74) is 1.08. The first-order valence-electron chi connectivity index (χ1n) is 4.84. The molecule has 0 fully saturated rings. The van der Waals surface area contributed by atoms with E-state index < -0.39 is 9.84 Å². The number of phenols is 1. The van der Waals surface area contributed by atoms with Crippen LogP contribution in [0.4, 0.5) is 0 Å². The molecule has 4 nitrogen and oxygen atoms in total. The van der Waals surface area contributed by atoms with Crippen LogP contribution in [0.2, 0.25) is 0 Å². The van der Waals surface area contributed by atoms with Crippen molar-refractivity contribution in [2.45, 2.75) is 4.90 Å². The zero-order valence-electron chi connectivity index (χ0n) is 9.14. The summed E-state index contributed by atoms with van der Waals surface area (Å²) in [5, 5.41) is 11.0. The Morgan fingerprint density at radius 1 is 1.31 bits per heavy atom. The van der Waals surface area contributed by atoms with Crippen LogP contribution in [0.1, 0.15) is 5.56 Å². The Kier molecular flexibility index (Phi) is 2.52. The molecule has 0 aliphatic carbocycles. The van der Waals surface area contributed by atoms with Crippen molar-refractivity contribution >= 4 is 15.4 Å². The molecule has 0 atom stereocenters. The molecule has 2 rings (SSSR count). The van der Waals surface area contributed by atoms with Gasteiger partial charge in [-0.2, -0.15) is 0 Å². The highest BCUT2D eigenvalue weighted by atomic mass is 32.2. The number of hydrogen-bond donors (Lipinski definition) is 1. The van der Waals surface area contributed by atoms with E-state index in [-0.39, 0.29) is 10.6 Å². The molecule has 0 aromatic heterocycles. The molecule has 86 valence electrons. The highest BCUT2D eigenvalue weighted by molar-refractivity contribution is 7.95. The molecule has 1 aliphatic heterocycles. The van der Waals surface area contributed by atoms with E-state index in [4.69, 9.17) is 0 Å². The number of sulfone groups is 1. The Balaban J connectivity index is 2.62. The topological polar surface area (TPSA) is 57.6 Å². The number of phenolic OH excluding ortho intramolecular Hbond substituents is 1. The summed E-state index contributed by atoms with van der Waals surface area (Å²) in [4.78, 5) is 2.06.